The Bertz CT molecular complexity index is 1230. The molecule has 0 aromatic heterocycles. The van der Waals surface area contributed by atoms with Crippen molar-refractivity contribution >= 4 is 27.8 Å². The SMILES string of the molecule is CCOc1ccc(S(=O)(=O)N(CC(=O)N/N=C\c2ccc(OC(C)C)cc2)c2ccccc2)cc1. The predicted molar refractivity (Wildman–Crippen MR) is 137 cm³/mol. The molecule has 9 heteroatoms. The van der Waals surface area contributed by atoms with E-state index < -0.39 is 22.5 Å². The monoisotopic (exact) mass is 495 g/mol. The quantitative estimate of drug-likeness (QED) is 0.317. The molecule has 0 atom stereocenters. The number of carbonyl (C=O) groups excluding carboxylic acids is 1. The number of sulfonamides is 1. The number of ether oxygens (including phenoxy) is 2. The normalized spacial score (nSPS) is 11.4. The van der Waals surface area contributed by atoms with Gasteiger partial charge in [0.1, 0.15) is 18.0 Å². The van der Waals surface area contributed by atoms with Crippen molar-refractivity contribution in [1.29, 1.82) is 0 Å². The third kappa shape index (κ3) is 7.31. The van der Waals surface area contributed by atoms with Crippen LogP contribution in [0.2, 0.25) is 0 Å². The summed E-state index contributed by atoms with van der Waals surface area (Å²) >= 11 is 0. The number of benzene rings is 3. The minimum absolute atomic E-state index is 0.0461. The molecule has 0 aliphatic rings. The van der Waals surface area contributed by atoms with Crippen molar-refractivity contribution in [3.8, 4) is 11.5 Å². The second-order valence-electron chi connectivity index (χ2n) is 7.78. The van der Waals surface area contributed by atoms with E-state index in [4.69, 9.17) is 9.47 Å². The molecule has 3 rings (SSSR count). The van der Waals surface area contributed by atoms with Crippen LogP contribution in [0.3, 0.4) is 0 Å². The van der Waals surface area contributed by atoms with E-state index in [1.54, 1.807) is 54.6 Å². The van der Waals surface area contributed by atoms with Gasteiger partial charge < -0.3 is 9.47 Å². The maximum absolute atomic E-state index is 13.4. The molecule has 35 heavy (non-hydrogen) atoms. The van der Waals surface area contributed by atoms with Gasteiger partial charge in [0, 0.05) is 0 Å². The van der Waals surface area contributed by atoms with Gasteiger partial charge in [0.15, 0.2) is 0 Å². The summed E-state index contributed by atoms with van der Waals surface area (Å²) in [6.45, 7) is 5.76. The fourth-order valence-electron chi connectivity index (χ4n) is 3.16. The van der Waals surface area contributed by atoms with Crippen LogP contribution in [0, 0.1) is 0 Å². The van der Waals surface area contributed by atoms with Gasteiger partial charge in [0.05, 0.1) is 29.5 Å². The molecule has 0 unspecified atom stereocenters. The molecule has 3 aromatic carbocycles. The standard InChI is InChI=1S/C26H29N3O5S/c1-4-33-23-14-16-25(17-15-23)35(31,32)29(22-8-6-5-7-9-22)19-26(30)28-27-18-21-10-12-24(13-11-21)34-20(2)3/h5-18,20H,4,19H2,1-3H3,(H,28,30)/b27-18-. The van der Waals surface area contributed by atoms with Crippen molar-refractivity contribution in [1.82, 2.24) is 5.43 Å². The van der Waals surface area contributed by atoms with E-state index in [9.17, 15) is 13.2 Å². The maximum Gasteiger partial charge on any atom is 0.264 e. The van der Waals surface area contributed by atoms with Gasteiger partial charge in [-0.05, 0) is 87.0 Å². The summed E-state index contributed by atoms with van der Waals surface area (Å²) < 4.78 is 38.8. The molecular formula is C26H29N3O5S. The first-order valence-electron chi connectivity index (χ1n) is 11.2. The number of rotatable bonds is 11. The first kappa shape index (κ1) is 25.8. The summed E-state index contributed by atoms with van der Waals surface area (Å²) in [6, 6.07) is 21.8. The third-order valence-corrected chi connectivity index (χ3v) is 6.50. The van der Waals surface area contributed by atoms with E-state index in [0.717, 1.165) is 15.6 Å². The molecular weight excluding hydrogens is 466 g/mol. The number of amides is 1. The highest BCUT2D eigenvalue weighted by molar-refractivity contribution is 7.92. The number of para-hydroxylation sites is 1. The molecule has 1 amide bonds. The number of carbonyl (C=O) groups is 1. The zero-order chi connectivity index (χ0) is 25.3. The summed E-state index contributed by atoms with van der Waals surface area (Å²) in [5.74, 6) is 0.715. The lowest BCUT2D eigenvalue weighted by Gasteiger charge is -2.23. The highest BCUT2D eigenvalue weighted by Gasteiger charge is 2.27. The van der Waals surface area contributed by atoms with Crippen molar-refractivity contribution in [3.05, 3.63) is 84.4 Å². The van der Waals surface area contributed by atoms with E-state index >= 15 is 0 Å². The van der Waals surface area contributed by atoms with Gasteiger partial charge in [-0.3, -0.25) is 9.10 Å². The first-order chi connectivity index (χ1) is 16.8. The van der Waals surface area contributed by atoms with E-state index in [0.29, 0.717) is 18.0 Å². The predicted octanol–water partition coefficient (Wildman–Crippen LogP) is 4.22. The van der Waals surface area contributed by atoms with Crippen LogP contribution >= 0.6 is 0 Å². The Hall–Kier alpha value is -3.85. The molecule has 3 aromatic rings. The van der Waals surface area contributed by atoms with Crippen LogP contribution in [-0.2, 0) is 14.8 Å². The van der Waals surface area contributed by atoms with Crippen LogP contribution in [-0.4, -0.2) is 39.8 Å². The maximum atomic E-state index is 13.4. The minimum Gasteiger partial charge on any atom is -0.494 e. The van der Waals surface area contributed by atoms with Gasteiger partial charge in [0.25, 0.3) is 15.9 Å². The van der Waals surface area contributed by atoms with Gasteiger partial charge in [0.2, 0.25) is 0 Å². The fourth-order valence-corrected chi connectivity index (χ4v) is 4.58. The molecule has 0 heterocycles. The van der Waals surface area contributed by atoms with Gasteiger partial charge >= 0.3 is 0 Å². The molecule has 184 valence electrons. The summed E-state index contributed by atoms with van der Waals surface area (Å²) in [6.07, 6.45) is 1.55. The summed E-state index contributed by atoms with van der Waals surface area (Å²) in [4.78, 5) is 12.7. The zero-order valence-corrected chi connectivity index (χ0v) is 20.7. The summed E-state index contributed by atoms with van der Waals surface area (Å²) in [5.41, 5.74) is 3.52. The van der Waals surface area contributed by atoms with E-state index in [-0.39, 0.29) is 11.0 Å². The average Bonchev–Trinajstić information content (AvgIpc) is 2.84. The van der Waals surface area contributed by atoms with Gasteiger partial charge in [-0.1, -0.05) is 18.2 Å². The largest absolute Gasteiger partial charge is 0.494 e. The Morgan fingerprint density at radius 3 is 2.20 bits per heavy atom. The van der Waals surface area contributed by atoms with Crippen LogP contribution in [0.15, 0.2) is 88.9 Å². The zero-order valence-electron chi connectivity index (χ0n) is 19.9. The van der Waals surface area contributed by atoms with Crippen LogP contribution < -0.4 is 19.2 Å². The Morgan fingerprint density at radius 2 is 1.60 bits per heavy atom. The van der Waals surface area contributed by atoms with Crippen molar-refractivity contribution in [2.75, 3.05) is 17.5 Å². The highest BCUT2D eigenvalue weighted by Crippen LogP contribution is 2.25. The second-order valence-corrected chi connectivity index (χ2v) is 9.64. The van der Waals surface area contributed by atoms with E-state index in [2.05, 4.69) is 10.5 Å². The fraction of sp³-hybridized carbons (Fsp3) is 0.231. The summed E-state index contributed by atoms with van der Waals surface area (Å²) in [7, 11) is -4.02. The number of hydrogen-bond acceptors (Lipinski definition) is 6. The lowest BCUT2D eigenvalue weighted by molar-refractivity contribution is -0.119. The van der Waals surface area contributed by atoms with E-state index in [1.165, 1.54) is 18.3 Å². The number of hydrazone groups is 1. The summed E-state index contributed by atoms with van der Waals surface area (Å²) in [5, 5.41) is 3.96. The molecule has 0 aliphatic carbocycles. The van der Waals surface area contributed by atoms with Crippen molar-refractivity contribution in [3.63, 3.8) is 0 Å². The molecule has 0 fully saturated rings. The smallest absolute Gasteiger partial charge is 0.264 e. The van der Waals surface area contributed by atoms with Gasteiger partial charge in [-0.2, -0.15) is 5.10 Å². The second kappa shape index (κ2) is 12.0. The lowest BCUT2D eigenvalue weighted by atomic mass is 10.2. The van der Waals surface area contributed by atoms with Crippen LogP contribution in [0.5, 0.6) is 11.5 Å². The Balaban J connectivity index is 1.73. The molecule has 8 nitrogen and oxygen atoms in total. The van der Waals surface area contributed by atoms with Gasteiger partial charge in [-0.25, -0.2) is 13.8 Å². The van der Waals surface area contributed by atoms with E-state index in [1.807, 2.05) is 32.9 Å². The number of anilines is 1. The molecule has 0 bridgehead atoms. The molecule has 0 saturated heterocycles. The van der Waals surface area contributed by atoms with Crippen LogP contribution in [0.25, 0.3) is 0 Å². The Morgan fingerprint density at radius 1 is 0.971 bits per heavy atom. The topological polar surface area (TPSA) is 97.3 Å². The highest BCUT2D eigenvalue weighted by atomic mass is 32.2. The van der Waals surface area contributed by atoms with Crippen molar-refractivity contribution < 1.29 is 22.7 Å². The number of nitrogens with one attached hydrogen (secondary N) is 1. The molecule has 0 saturated carbocycles. The van der Waals surface area contributed by atoms with Crippen LogP contribution in [0.1, 0.15) is 26.3 Å². The van der Waals surface area contributed by atoms with Crippen molar-refractivity contribution in [2.24, 2.45) is 5.10 Å². The molecule has 1 N–H and O–H groups in total. The lowest BCUT2D eigenvalue weighted by Crippen LogP contribution is -2.39. The average molecular weight is 496 g/mol. The number of hydrogen-bond donors (Lipinski definition) is 1. The molecule has 0 aliphatic heterocycles. The molecule has 0 spiro atoms. The Labute approximate surface area is 206 Å². The third-order valence-electron chi connectivity index (χ3n) is 4.71. The minimum atomic E-state index is -4.02. The Kier molecular flexibility index (Phi) is 8.86. The molecule has 0 radical (unpaired) electrons. The van der Waals surface area contributed by atoms with Crippen LogP contribution in [0.4, 0.5) is 5.69 Å². The first-order valence-corrected chi connectivity index (χ1v) is 12.6. The van der Waals surface area contributed by atoms with Gasteiger partial charge in [-0.15, -0.1) is 0 Å². The van der Waals surface area contributed by atoms with Crippen molar-refractivity contribution in [2.45, 2.75) is 31.8 Å². The number of nitrogens with zero attached hydrogens (tertiary/aromatic N) is 2.